The first-order valence-corrected chi connectivity index (χ1v) is 7.87. The minimum absolute atomic E-state index is 0.214. The van der Waals surface area contributed by atoms with Crippen molar-refractivity contribution in [2.75, 3.05) is 11.9 Å². The van der Waals surface area contributed by atoms with Gasteiger partial charge in [0.05, 0.1) is 18.4 Å². The maximum Gasteiger partial charge on any atom is 0.338 e. The molecule has 1 aromatic heterocycles. The Morgan fingerprint density at radius 2 is 1.81 bits per heavy atom. The van der Waals surface area contributed by atoms with E-state index in [9.17, 15) is 14.0 Å². The number of aromatic nitrogens is 1. The Morgan fingerprint density at radius 3 is 2.46 bits per heavy atom. The molecule has 0 aliphatic heterocycles. The van der Waals surface area contributed by atoms with Crippen LogP contribution in [0.15, 0.2) is 59.3 Å². The van der Waals surface area contributed by atoms with Gasteiger partial charge in [-0.3, -0.25) is 4.79 Å². The van der Waals surface area contributed by atoms with Crippen LogP contribution in [0, 0.1) is 5.82 Å². The van der Waals surface area contributed by atoms with Gasteiger partial charge < -0.3 is 14.6 Å². The highest BCUT2D eigenvalue weighted by Crippen LogP contribution is 2.24. The molecule has 0 atom stereocenters. The Labute approximate surface area is 148 Å². The number of carbonyl (C=O) groups excluding carboxylic acids is 2. The van der Waals surface area contributed by atoms with Crippen molar-refractivity contribution >= 4 is 17.6 Å². The third kappa shape index (κ3) is 3.77. The molecular weight excluding hydrogens is 339 g/mol. The molecule has 0 saturated heterocycles. The summed E-state index contributed by atoms with van der Waals surface area (Å²) in [5, 5.41) is 6.35. The number of carbonyl (C=O) groups is 2. The van der Waals surface area contributed by atoms with E-state index in [-0.39, 0.29) is 23.7 Å². The number of nitrogens with one attached hydrogen (secondary N) is 1. The van der Waals surface area contributed by atoms with Crippen LogP contribution in [0.2, 0.25) is 0 Å². The molecule has 0 saturated carbocycles. The van der Waals surface area contributed by atoms with Gasteiger partial charge in [0.15, 0.2) is 5.76 Å². The Kier molecular flexibility index (Phi) is 5.07. The fraction of sp³-hybridized carbons (Fsp3) is 0.105. The lowest BCUT2D eigenvalue weighted by Gasteiger charge is -2.06. The molecule has 0 radical (unpaired) electrons. The Morgan fingerprint density at radius 1 is 1.12 bits per heavy atom. The fourth-order valence-electron chi connectivity index (χ4n) is 2.31. The number of hydrogen-bond donors (Lipinski definition) is 1. The van der Waals surface area contributed by atoms with Crippen LogP contribution >= 0.6 is 0 Å². The number of rotatable bonds is 5. The van der Waals surface area contributed by atoms with Gasteiger partial charge in [-0.15, -0.1) is 0 Å². The quantitative estimate of drug-likeness (QED) is 0.703. The SMILES string of the molecule is CCOC(=O)c1ccc(NC(=O)c2cnoc2-c2ccc(F)cc2)cc1. The predicted octanol–water partition coefficient (Wildman–Crippen LogP) is 3.91. The van der Waals surface area contributed by atoms with Crippen molar-refractivity contribution in [3.8, 4) is 11.3 Å². The van der Waals surface area contributed by atoms with Crippen molar-refractivity contribution in [2.45, 2.75) is 6.92 Å². The van der Waals surface area contributed by atoms with Crippen LogP contribution in [0.25, 0.3) is 11.3 Å². The summed E-state index contributed by atoms with van der Waals surface area (Å²) >= 11 is 0. The lowest BCUT2D eigenvalue weighted by Crippen LogP contribution is -2.12. The molecule has 3 aromatic rings. The van der Waals surface area contributed by atoms with Gasteiger partial charge in [0.25, 0.3) is 5.91 Å². The van der Waals surface area contributed by atoms with Crippen molar-refractivity contribution in [1.29, 1.82) is 0 Å². The van der Waals surface area contributed by atoms with Crippen LogP contribution in [0.3, 0.4) is 0 Å². The van der Waals surface area contributed by atoms with Gasteiger partial charge in [-0.05, 0) is 55.5 Å². The summed E-state index contributed by atoms with van der Waals surface area (Å²) < 4.78 is 23.1. The number of nitrogens with zero attached hydrogens (tertiary/aromatic N) is 1. The lowest BCUT2D eigenvalue weighted by molar-refractivity contribution is 0.0526. The zero-order chi connectivity index (χ0) is 18.5. The maximum absolute atomic E-state index is 13.1. The number of benzene rings is 2. The van der Waals surface area contributed by atoms with E-state index in [4.69, 9.17) is 9.26 Å². The summed E-state index contributed by atoms with van der Waals surface area (Å²) in [5.41, 5.74) is 1.63. The van der Waals surface area contributed by atoms with Crippen molar-refractivity contribution < 1.29 is 23.2 Å². The second-order valence-corrected chi connectivity index (χ2v) is 5.33. The molecule has 26 heavy (non-hydrogen) atoms. The van der Waals surface area contributed by atoms with Crippen LogP contribution in [0.5, 0.6) is 0 Å². The summed E-state index contributed by atoms with van der Waals surface area (Å²) in [5.74, 6) is -1.01. The molecule has 0 spiro atoms. The highest BCUT2D eigenvalue weighted by Gasteiger charge is 2.18. The second-order valence-electron chi connectivity index (χ2n) is 5.33. The molecule has 1 amide bonds. The standard InChI is InChI=1S/C19H15FN2O4/c1-2-25-19(24)13-5-9-15(10-6-13)22-18(23)16-11-21-26-17(16)12-3-7-14(20)8-4-12/h3-11H,2H2,1H3,(H,22,23). The van der Waals surface area contributed by atoms with Gasteiger partial charge in [-0.2, -0.15) is 0 Å². The molecule has 3 rings (SSSR count). The van der Waals surface area contributed by atoms with Crippen LogP contribution in [-0.4, -0.2) is 23.6 Å². The van der Waals surface area contributed by atoms with E-state index in [1.807, 2.05) is 0 Å². The van der Waals surface area contributed by atoms with E-state index in [0.29, 0.717) is 16.8 Å². The number of amides is 1. The largest absolute Gasteiger partial charge is 0.462 e. The summed E-state index contributed by atoms with van der Waals surface area (Å²) in [6, 6.07) is 11.8. The molecule has 0 unspecified atom stereocenters. The molecule has 1 heterocycles. The zero-order valence-electron chi connectivity index (χ0n) is 13.9. The first kappa shape index (κ1) is 17.3. The van der Waals surface area contributed by atoms with Crippen LogP contribution in [0.4, 0.5) is 10.1 Å². The highest BCUT2D eigenvalue weighted by molar-refractivity contribution is 6.07. The molecule has 132 valence electrons. The Balaban J connectivity index is 1.76. The summed E-state index contributed by atoms with van der Waals surface area (Å²) in [6.07, 6.45) is 1.29. The number of hydrogen-bond acceptors (Lipinski definition) is 5. The van der Waals surface area contributed by atoms with Crippen molar-refractivity contribution in [3.63, 3.8) is 0 Å². The normalized spacial score (nSPS) is 10.4. The Hall–Kier alpha value is -3.48. The number of esters is 1. The summed E-state index contributed by atoms with van der Waals surface area (Å²) in [6.45, 7) is 2.01. The van der Waals surface area contributed by atoms with E-state index in [0.717, 1.165) is 0 Å². The third-order valence-corrected chi connectivity index (χ3v) is 3.58. The third-order valence-electron chi connectivity index (χ3n) is 3.58. The molecule has 6 nitrogen and oxygen atoms in total. The average Bonchev–Trinajstić information content (AvgIpc) is 3.13. The van der Waals surface area contributed by atoms with Gasteiger partial charge in [0.1, 0.15) is 11.4 Å². The Bertz CT molecular complexity index is 917. The van der Waals surface area contributed by atoms with Gasteiger partial charge >= 0.3 is 5.97 Å². The van der Waals surface area contributed by atoms with E-state index < -0.39 is 11.9 Å². The van der Waals surface area contributed by atoms with Crippen molar-refractivity contribution in [2.24, 2.45) is 0 Å². The molecule has 7 heteroatoms. The topological polar surface area (TPSA) is 81.4 Å². The van der Waals surface area contributed by atoms with Crippen molar-refractivity contribution in [1.82, 2.24) is 5.16 Å². The second kappa shape index (κ2) is 7.60. The monoisotopic (exact) mass is 354 g/mol. The molecule has 0 aliphatic rings. The van der Waals surface area contributed by atoms with E-state index in [1.165, 1.54) is 30.5 Å². The molecule has 0 fully saturated rings. The number of halogens is 1. The van der Waals surface area contributed by atoms with Crippen LogP contribution in [0.1, 0.15) is 27.6 Å². The lowest BCUT2D eigenvalue weighted by atomic mass is 10.1. The minimum atomic E-state index is -0.436. The zero-order valence-corrected chi connectivity index (χ0v) is 13.9. The molecule has 0 bridgehead atoms. The van der Waals surface area contributed by atoms with Crippen LogP contribution in [-0.2, 0) is 4.74 Å². The van der Waals surface area contributed by atoms with E-state index in [2.05, 4.69) is 10.5 Å². The fourth-order valence-corrected chi connectivity index (χ4v) is 2.31. The van der Waals surface area contributed by atoms with Gasteiger partial charge in [0, 0.05) is 11.3 Å². The predicted molar refractivity (Wildman–Crippen MR) is 92.2 cm³/mol. The first-order chi connectivity index (χ1) is 12.6. The molecule has 0 aliphatic carbocycles. The number of anilines is 1. The smallest absolute Gasteiger partial charge is 0.338 e. The summed E-state index contributed by atoms with van der Waals surface area (Å²) in [4.78, 5) is 24.1. The van der Waals surface area contributed by atoms with E-state index in [1.54, 1.807) is 31.2 Å². The highest BCUT2D eigenvalue weighted by atomic mass is 19.1. The van der Waals surface area contributed by atoms with Gasteiger partial charge in [-0.25, -0.2) is 9.18 Å². The van der Waals surface area contributed by atoms with Crippen molar-refractivity contribution in [3.05, 3.63) is 71.7 Å². The average molecular weight is 354 g/mol. The number of ether oxygens (including phenoxy) is 1. The van der Waals surface area contributed by atoms with E-state index >= 15 is 0 Å². The first-order valence-electron chi connectivity index (χ1n) is 7.87. The van der Waals surface area contributed by atoms with Crippen LogP contribution < -0.4 is 5.32 Å². The molecular formula is C19H15FN2O4. The molecule has 2 aromatic carbocycles. The minimum Gasteiger partial charge on any atom is -0.462 e. The van der Waals surface area contributed by atoms with Gasteiger partial charge in [-0.1, -0.05) is 5.16 Å². The molecule has 1 N–H and O–H groups in total. The maximum atomic E-state index is 13.1. The summed E-state index contributed by atoms with van der Waals surface area (Å²) in [7, 11) is 0. The van der Waals surface area contributed by atoms with Gasteiger partial charge in [0.2, 0.25) is 0 Å².